The molecule has 0 aliphatic rings. The molecule has 0 atom stereocenters. The van der Waals surface area contributed by atoms with Crippen LogP contribution in [0.3, 0.4) is 0 Å². The molecule has 1 aromatic heterocycles. The standard InChI is InChI=1S/C11H12BrFN2/c1-14-6-9-8-4-3-7(13)5-10(8)15(2)11(9)12/h3-5,14H,6H2,1-2H3. The lowest BCUT2D eigenvalue weighted by molar-refractivity contribution is 0.629. The van der Waals surface area contributed by atoms with Gasteiger partial charge < -0.3 is 9.88 Å². The maximum Gasteiger partial charge on any atom is 0.125 e. The van der Waals surface area contributed by atoms with Crippen LogP contribution < -0.4 is 5.32 Å². The van der Waals surface area contributed by atoms with Crippen molar-refractivity contribution in [3.05, 3.63) is 34.2 Å². The molecular formula is C11H12BrFN2. The van der Waals surface area contributed by atoms with E-state index in [9.17, 15) is 4.39 Å². The number of halogens is 2. The van der Waals surface area contributed by atoms with E-state index >= 15 is 0 Å². The second kappa shape index (κ2) is 3.94. The van der Waals surface area contributed by atoms with Gasteiger partial charge in [0.25, 0.3) is 0 Å². The number of fused-ring (bicyclic) bond motifs is 1. The third kappa shape index (κ3) is 1.68. The molecule has 0 spiro atoms. The maximum atomic E-state index is 13.1. The van der Waals surface area contributed by atoms with Crippen LogP contribution in [0.25, 0.3) is 10.9 Å². The fraction of sp³-hybridized carbons (Fsp3) is 0.273. The molecule has 0 bridgehead atoms. The number of benzene rings is 1. The second-order valence-corrected chi connectivity index (χ2v) is 4.27. The van der Waals surface area contributed by atoms with Crippen LogP contribution in [0, 0.1) is 5.82 Å². The average Bonchev–Trinajstić information content (AvgIpc) is 2.44. The highest BCUT2D eigenvalue weighted by Crippen LogP contribution is 2.29. The van der Waals surface area contributed by atoms with Gasteiger partial charge in [0.05, 0.1) is 10.1 Å². The largest absolute Gasteiger partial charge is 0.338 e. The Morgan fingerprint density at radius 3 is 2.87 bits per heavy atom. The van der Waals surface area contributed by atoms with Crippen LogP contribution in [-0.4, -0.2) is 11.6 Å². The van der Waals surface area contributed by atoms with Crippen LogP contribution in [-0.2, 0) is 13.6 Å². The van der Waals surface area contributed by atoms with Crippen molar-refractivity contribution in [2.24, 2.45) is 7.05 Å². The maximum absolute atomic E-state index is 13.1. The number of aryl methyl sites for hydroxylation is 1. The Balaban J connectivity index is 2.75. The van der Waals surface area contributed by atoms with Gasteiger partial charge >= 0.3 is 0 Å². The van der Waals surface area contributed by atoms with Crippen molar-refractivity contribution in [3.63, 3.8) is 0 Å². The van der Waals surface area contributed by atoms with E-state index in [1.807, 2.05) is 24.7 Å². The van der Waals surface area contributed by atoms with Crippen molar-refractivity contribution >= 4 is 26.8 Å². The molecule has 0 fully saturated rings. The van der Waals surface area contributed by atoms with Gasteiger partial charge in [0.2, 0.25) is 0 Å². The molecule has 1 N–H and O–H groups in total. The van der Waals surface area contributed by atoms with Crippen LogP contribution >= 0.6 is 15.9 Å². The molecule has 0 radical (unpaired) electrons. The molecule has 80 valence electrons. The predicted molar refractivity (Wildman–Crippen MR) is 63.3 cm³/mol. The summed E-state index contributed by atoms with van der Waals surface area (Å²) in [4.78, 5) is 0. The normalized spacial score (nSPS) is 11.2. The van der Waals surface area contributed by atoms with Gasteiger partial charge in [0, 0.05) is 24.5 Å². The first-order valence-corrected chi connectivity index (χ1v) is 5.51. The first-order valence-electron chi connectivity index (χ1n) is 4.72. The van der Waals surface area contributed by atoms with E-state index in [4.69, 9.17) is 0 Å². The molecule has 15 heavy (non-hydrogen) atoms. The van der Waals surface area contributed by atoms with E-state index < -0.39 is 0 Å². The Hall–Kier alpha value is -0.870. The van der Waals surface area contributed by atoms with E-state index in [1.54, 1.807) is 6.07 Å². The summed E-state index contributed by atoms with van der Waals surface area (Å²) in [5.74, 6) is -0.202. The van der Waals surface area contributed by atoms with Gasteiger partial charge in [0.15, 0.2) is 0 Å². The highest BCUT2D eigenvalue weighted by molar-refractivity contribution is 9.10. The minimum atomic E-state index is -0.202. The van der Waals surface area contributed by atoms with Gasteiger partial charge in [-0.15, -0.1) is 0 Å². The molecule has 2 aromatic rings. The summed E-state index contributed by atoms with van der Waals surface area (Å²) in [6, 6.07) is 4.87. The first-order chi connectivity index (χ1) is 7.15. The fourth-order valence-corrected chi connectivity index (χ4v) is 2.35. The first kappa shape index (κ1) is 10.6. The topological polar surface area (TPSA) is 17.0 Å². The van der Waals surface area contributed by atoms with Crippen LogP contribution in [0.5, 0.6) is 0 Å². The van der Waals surface area contributed by atoms with Crippen molar-refractivity contribution in [2.45, 2.75) is 6.54 Å². The Morgan fingerprint density at radius 2 is 2.20 bits per heavy atom. The van der Waals surface area contributed by atoms with Crippen LogP contribution in [0.1, 0.15) is 5.56 Å². The zero-order chi connectivity index (χ0) is 11.0. The van der Waals surface area contributed by atoms with Crippen molar-refractivity contribution < 1.29 is 4.39 Å². The molecule has 0 saturated heterocycles. The van der Waals surface area contributed by atoms with Crippen molar-refractivity contribution in [3.8, 4) is 0 Å². The van der Waals surface area contributed by atoms with Gasteiger partial charge in [-0.2, -0.15) is 0 Å². The van der Waals surface area contributed by atoms with E-state index in [-0.39, 0.29) is 5.82 Å². The Kier molecular flexibility index (Phi) is 2.80. The highest BCUT2D eigenvalue weighted by atomic mass is 79.9. The van der Waals surface area contributed by atoms with Gasteiger partial charge in [-0.3, -0.25) is 0 Å². The highest BCUT2D eigenvalue weighted by Gasteiger charge is 2.12. The zero-order valence-electron chi connectivity index (χ0n) is 8.64. The molecule has 4 heteroatoms. The number of aromatic nitrogens is 1. The molecule has 0 aliphatic heterocycles. The lowest BCUT2D eigenvalue weighted by Gasteiger charge is -1.98. The minimum Gasteiger partial charge on any atom is -0.338 e. The van der Waals surface area contributed by atoms with Gasteiger partial charge in [-0.05, 0) is 41.2 Å². The number of nitrogens with zero attached hydrogens (tertiary/aromatic N) is 1. The Morgan fingerprint density at radius 1 is 1.47 bits per heavy atom. The molecule has 0 unspecified atom stereocenters. The van der Waals surface area contributed by atoms with E-state index in [0.717, 1.165) is 27.6 Å². The molecule has 2 nitrogen and oxygen atoms in total. The van der Waals surface area contributed by atoms with Gasteiger partial charge in [0.1, 0.15) is 5.82 Å². The number of hydrogen-bond acceptors (Lipinski definition) is 1. The molecule has 2 rings (SSSR count). The summed E-state index contributed by atoms with van der Waals surface area (Å²) < 4.78 is 16.0. The van der Waals surface area contributed by atoms with Crippen molar-refractivity contribution in [1.29, 1.82) is 0 Å². The predicted octanol–water partition coefficient (Wildman–Crippen LogP) is 2.80. The molecular weight excluding hydrogens is 259 g/mol. The fourth-order valence-electron chi connectivity index (χ4n) is 1.80. The smallest absolute Gasteiger partial charge is 0.125 e. The second-order valence-electron chi connectivity index (χ2n) is 3.52. The number of nitrogens with one attached hydrogen (secondary N) is 1. The summed E-state index contributed by atoms with van der Waals surface area (Å²) in [5.41, 5.74) is 2.07. The van der Waals surface area contributed by atoms with E-state index in [0.29, 0.717) is 0 Å². The van der Waals surface area contributed by atoms with Crippen molar-refractivity contribution in [1.82, 2.24) is 9.88 Å². The number of rotatable bonds is 2. The number of hydrogen-bond donors (Lipinski definition) is 1. The summed E-state index contributed by atoms with van der Waals surface area (Å²) in [7, 11) is 3.82. The Labute approximate surface area is 96.2 Å². The Bertz CT molecular complexity index is 505. The lowest BCUT2D eigenvalue weighted by Crippen LogP contribution is -2.05. The molecule has 0 saturated carbocycles. The van der Waals surface area contributed by atoms with Crippen LogP contribution in [0.2, 0.25) is 0 Å². The van der Waals surface area contributed by atoms with E-state index in [2.05, 4.69) is 21.2 Å². The summed E-state index contributed by atoms with van der Waals surface area (Å²) in [5, 5.41) is 4.19. The third-order valence-electron chi connectivity index (χ3n) is 2.54. The summed E-state index contributed by atoms with van der Waals surface area (Å²) in [6.45, 7) is 0.767. The SMILES string of the molecule is CNCc1c(Br)n(C)c2cc(F)ccc12. The van der Waals surface area contributed by atoms with Gasteiger partial charge in [-0.25, -0.2) is 4.39 Å². The molecule has 0 amide bonds. The van der Waals surface area contributed by atoms with Crippen molar-refractivity contribution in [2.75, 3.05) is 7.05 Å². The quantitative estimate of drug-likeness (QED) is 0.888. The lowest BCUT2D eigenvalue weighted by atomic mass is 10.2. The minimum absolute atomic E-state index is 0.202. The monoisotopic (exact) mass is 270 g/mol. The molecule has 1 aromatic carbocycles. The zero-order valence-corrected chi connectivity index (χ0v) is 10.2. The molecule has 1 heterocycles. The van der Waals surface area contributed by atoms with Crippen LogP contribution in [0.15, 0.2) is 22.8 Å². The molecule has 0 aliphatic carbocycles. The third-order valence-corrected chi connectivity index (χ3v) is 3.55. The van der Waals surface area contributed by atoms with E-state index in [1.165, 1.54) is 6.07 Å². The summed E-state index contributed by atoms with van der Waals surface area (Å²) >= 11 is 3.52. The average molecular weight is 271 g/mol. The van der Waals surface area contributed by atoms with Crippen LogP contribution in [0.4, 0.5) is 4.39 Å². The van der Waals surface area contributed by atoms with Gasteiger partial charge in [-0.1, -0.05) is 0 Å². The summed E-state index contributed by atoms with van der Waals surface area (Å²) in [6.07, 6.45) is 0.